The van der Waals surface area contributed by atoms with E-state index in [0.717, 1.165) is 23.0 Å². The van der Waals surface area contributed by atoms with Crippen LogP contribution in [0.1, 0.15) is 36.3 Å². The van der Waals surface area contributed by atoms with Crippen LogP contribution in [-0.4, -0.2) is 21.7 Å². The molecule has 3 rings (SSSR count). The van der Waals surface area contributed by atoms with Crippen LogP contribution in [0.3, 0.4) is 0 Å². The lowest BCUT2D eigenvalue weighted by molar-refractivity contribution is 0.510. The number of hydrogen-bond acceptors (Lipinski definition) is 5. The fourth-order valence-corrected chi connectivity index (χ4v) is 4.98. The smallest absolute Gasteiger partial charge is 0.170 e. The number of fused-ring (bicyclic) bond motifs is 1. The van der Waals surface area contributed by atoms with Gasteiger partial charge in [-0.2, -0.15) is 4.37 Å². The molecule has 0 aliphatic heterocycles. The SMILES string of the molecule is CCc1nsc(SC2CCc3ccccc3C2NC)n1. The molecule has 2 unspecified atom stereocenters. The van der Waals surface area contributed by atoms with Gasteiger partial charge in [0.1, 0.15) is 5.82 Å². The van der Waals surface area contributed by atoms with Gasteiger partial charge in [0, 0.05) is 17.7 Å². The van der Waals surface area contributed by atoms with Crippen LogP contribution in [0.25, 0.3) is 0 Å². The Bertz CT molecular complexity index is 582. The molecule has 1 N–H and O–H groups in total. The Balaban J connectivity index is 1.80. The molecule has 1 aromatic heterocycles. The van der Waals surface area contributed by atoms with Crippen molar-refractivity contribution in [1.82, 2.24) is 14.7 Å². The van der Waals surface area contributed by atoms with Crippen LogP contribution in [0, 0.1) is 0 Å². The number of benzene rings is 1. The molecule has 2 atom stereocenters. The summed E-state index contributed by atoms with van der Waals surface area (Å²) < 4.78 is 5.49. The number of nitrogens with zero attached hydrogens (tertiary/aromatic N) is 2. The van der Waals surface area contributed by atoms with E-state index in [4.69, 9.17) is 0 Å². The minimum absolute atomic E-state index is 0.402. The van der Waals surface area contributed by atoms with Gasteiger partial charge in [0.15, 0.2) is 4.34 Å². The van der Waals surface area contributed by atoms with E-state index in [-0.39, 0.29) is 0 Å². The maximum atomic E-state index is 4.59. The quantitative estimate of drug-likeness (QED) is 0.938. The molecule has 1 aromatic carbocycles. The largest absolute Gasteiger partial charge is 0.312 e. The van der Waals surface area contributed by atoms with Crippen molar-refractivity contribution in [2.24, 2.45) is 0 Å². The van der Waals surface area contributed by atoms with Crippen LogP contribution >= 0.6 is 23.3 Å². The van der Waals surface area contributed by atoms with Gasteiger partial charge in [0.25, 0.3) is 0 Å². The van der Waals surface area contributed by atoms with E-state index >= 15 is 0 Å². The summed E-state index contributed by atoms with van der Waals surface area (Å²) in [5, 5.41) is 4.02. The zero-order valence-corrected chi connectivity index (χ0v) is 13.4. The third-order valence-corrected chi connectivity index (χ3v) is 5.95. The van der Waals surface area contributed by atoms with Crippen molar-refractivity contribution >= 4 is 23.3 Å². The highest BCUT2D eigenvalue weighted by molar-refractivity contribution is 8.01. The van der Waals surface area contributed by atoms with Crippen molar-refractivity contribution in [3.63, 3.8) is 0 Å². The lowest BCUT2D eigenvalue weighted by atomic mass is 9.87. The zero-order valence-electron chi connectivity index (χ0n) is 11.8. The molecule has 0 saturated heterocycles. The second-order valence-electron chi connectivity index (χ2n) is 4.99. The second kappa shape index (κ2) is 6.24. The molecule has 0 radical (unpaired) electrons. The summed E-state index contributed by atoms with van der Waals surface area (Å²) in [7, 11) is 2.05. The first-order valence-corrected chi connectivity index (χ1v) is 8.71. The summed E-state index contributed by atoms with van der Waals surface area (Å²) in [6.45, 7) is 2.10. The molecule has 5 heteroatoms. The molecule has 106 valence electrons. The van der Waals surface area contributed by atoms with Crippen LogP contribution in [0.15, 0.2) is 28.6 Å². The Kier molecular flexibility index (Phi) is 4.38. The summed E-state index contributed by atoms with van der Waals surface area (Å²) in [4.78, 5) is 4.59. The first-order chi connectivity index (χ1) is 9.81. The van der Waals surface area contributed by atoms with E-state index in [1.807, 2.05) is 11.8 Å². The number of thioether (sulfide) groups is 1. The van der Waals surface area contributed by atoms with Crippen molar-refractivity contribution in [3.05, 3.63) is 41.2 Å². The Morgan fingerprint density at radius 2 is 2.25 bits per heavy atom. The topological polar surface area (TPSA) is 37.8 Å². The highest BCUT2D eigenvalue weighted by Crippen LogP contribution is 2.40. The summed E-state index contributed by atoms with van der Waals surface area (Å²) in [5.41, 5.74) is 2.93. The van der Waals surface area contributed by atoms with E-state index < -0.39 is 0 Å². The number of rotatable bonds is 4. The summed E-state index contributed by atoms with van der Waals surface area (Å²) in [5.74, 6) is 0.967. The molecule has 0 amide bonds. The first-order valence-electron chi connectivity index (χ1n) is 7.06. The van der Waals surface area contributed by atoms with Crippen LogP contribution in [-0.2, 0) is 12.8 Å². The third kappa shape index (κ3) is 2.75. The maximum Gasteiger partial charge on any atom is 0.170 e. The number of nitrogens with one attached hydrogen (secondary N) is 1. The van der Waals surface area contributed by atoms with Crippen LogP contribution in [0.4, 0.5) is 0 Å². The van der Waals surface area contributed by atoms with E-state index in [0.29, 0.717) is 11.3 Å². The van der Waals surface area contributed by atoms with Gasteiger partial charge in [-0.05, 0) is 42.5 Å². The number of aryl methyl sites for hydroxylation is 2. The number of hydrogen-bond donors (Lipinski definition) is 1. The molecule has 1 aliphatic rings. The van der Waals surface area contributed by atoms with Crippen LogP contribution in [0.5, 0.6) is 0 Å². The molecular formula is C15H19N3S2. The fraction of sp³-hybridized carbons (Fsp3) is 0.467. The van der Waals surface area contributed by atoms with Crippen molar-refractivity contribution in [2.75, 3.05) is 7.05 Å². The Morgan fingerprint density at radius 1 is 1.40 bits per heavy atom. The average Bonchev–Trinajstić information content (AvgIpc) is 2.95. The maximum absolute atomic E-state index is 4.59. The predicted molar refractivity (Wildman–Crippen MR) is 85.5 cm³/mol. The molecule has 1 heterocycles. The van der Waals surface area contributed by atoms with Crippen molar-refractivity contribution in [2.45, 2.75) is 41.8 Å². The third-order valence-electron chi connectivity index (χ3n) is 3.79. The standard InChI is InChI=1S/C15H19N3S2/c1-3-13-17-15(20-18-13)19-12-9-8-10-6-4-5-7-11(10)14(12)16-2/h4-7,12,14,16H,3,8-9H2,1-2H3. The van der Waals surface area contributed by atoms with Gasteiger partial charge in [-0.3, -0.25) is 0 Å². The minimum Gasteiger partial charge on any atom is -0.312 e. The lowest BCUT2D eigenvalue weighted by Crippen LogP contribution is -2.32. The van der Waals surface area contributed by atoms with Gasteiger partial charge in [-0.15, -0.1) is 0 Å². The van der Waals surface area contributed by atoms with Crippen molar-refractivity contribution in [3.8, 4) is 0 Å². The second-order valence-corrected chi connectivity index (χ2v) is 7.23. The predicted octanol–water partition coefficient (Wildman–Crippen LogP) is 3.47. The van der Waals surface area contributed by atoms with Gasteiger partial charge in [-0.1, -0.05) is 43.0 Å². The normalized spacial score (nSPS) is 21.7. The van der Waals surface area contributed by atoms with E-state index in [9.17, 15) is 0 Å². The first kappa shape index (κ1) is 14.0. The molecule has 0 saturated carbocycles. The molecule has 0 bridgehead atoms. The van der Waals surface area contributed by atoms with Crippen molar-refractivity contribution < 1.29 is 0 Å². The highest BCUT2D eigenvalue weighted by atomic mass is 32.2. The Morgan fingerprint density at radius 3 is 3.00 bits per heavy atom. The molecule has 3 nitrogen and oxygen atoms in total. The van der Waals surface area contributed by atoms with Crippen molar-refractivity contribution in [1.29, 1.82) is 0 Å². The van der Waals surface area contributed by atoms with Gasteiger partial charge in [0.05, 0.1) is 0 Å². The summed E-state index contributed by atoms with van der Waals surface area (Å²) in [6.07, 6.45) is 3.26. The molecule has 0 fully saturated rings. The molecule has 2 aromatic rings. The lowest BCUT2D eigenvalue weighted by Gasteiger charge is -2.32. The van der Waals surface area contributed by atoms with Gasteiger partial charge in [-0.25, -0.2) is 4.98 Å². The molecule has 1 aliphatic carbocycles. The zero-order chi connectivity index (χ0) is 13.9. The van der Waals surface area contributed by atoms with Crippen LogP contribution in [0.2, 0.25) is 0 Å². The molecule has 20 heavy (non-hydrogen) atoms. The van der Waals surface area contributed by atoms with E-state index in [1.54, 1.807) is 0 Å². The summed E-state index contributed by atoms with van der Waals surface area (Å²) in [6, 6.07) is 9.17. The average molecular weight is 305 g/mol. The Labute approximate surface area is 128 Å². The number of aromatic nitrogens is 2. The summed E-state index contributed by atoms with van der Waals surface area (Å²) >= 11 is 3.42. The van der Waals surface area contributed by atoms with Gasteiger partial charge < -0.3 is 5.32 Å². The molecular weight excluding hydrogens is 286 g/mol. The van der Waals surface area contributed by atoms with E-state index in [2.05, 4.69) is 52.9 Å². The highest BCUT2D eigenvalue weighted by Gasteiger charge is 2.29. The van der Waals surface area contributed by atoms with Gasteiger partial charge >= 0.3 is 0 Å². The van der Waals surface area contributed by atoms with E-state index in [1.165, 1.54) is 29.1 Å². The Hall–Kier alpha value is -0.910. The monoisotopic (exact) mass is 305 g/mol. The fourth-order valence-electron chi connectivity index (χ4n) is 2.76. The van der Waals surface area contributed by atoms with Crippen LogP contribution < -0.4 is 5.32 Å². The van der Waals surface area contributed by atoms with Gasteiger partial charge in [0.2, 0.25) is 0 Å². The minimum atomic E-state index is 0.402. The molecule has 0 spiro atoms.